The van der Waals surface area contributed by atoms with Crippen LogP contribution in [-0.2, 0) is 11.2 Å². The second-order valence-corrected chi connectivity index (χ2v) is 5.68. The van der Waals surface area contributed by atoms with Crippen LogP contribution in [0.5, 0.6) is 5.75 Å². The van der Waals surface area contributed by atoms with Gasteiger partial charge in [-0.3, -0.25) is 9.69 Å². The number of phenolic OH excluding ortho intramolecular Hbond substituents is 1. The van der Waals surface area contributed by atoms with Crippen LogP contribution in [0.1, 0.15) is 45.1 Å². The Morgan fingerprint density at radius 1 is 1.15 bits per heavy atom. The molecule has 0 saturated heterocycles. The summed E-state index contributed by atoms with van der Waals surface area (Å²) < 4.78 is 0. The van der Waals surface area contributed by atoms with E-state index in [1.54, 1.807) is 12.1 Å². The van der Waals surface area contributed by atoms with Crippen LogP contribution in [0.4, 0.5) is 0 Å². The van der Waals surface area contributed by atoms with Crippen LogP contribution in [0.3, 0.4) is 0 Å². The summed E-state index contributed by atoms with van der Waals surface area (Å²) in [5.74, 6) is 0.588. The number of rotatable bonds is 6. The first-order chi connectivity index (χ1) is 9.62. The lowest BCUT2D eigenvalue weighted by Crippen LogP contribution is -2.53. The van der Waals surface area contributed by atoms with E-state index in [-0.39, 0.29) is 11.3 Å². The van der Waals surface area contributed by atoms with Crippen LogP contribution >= 0.6 is 0 Å². The molecule has 0 unspecified atom stereocenters. The van der Waals surface area contributed by atoms with Gasteiger partial charge in [0.2, 0.25) is 0 Å². The maximum absolute atomic E-state index is 12.9. The molecule has 20 heavy (non-hydrogen) atoms. The lowest BCUT2D eigenvalue weighted by atomic mass is 9.86. The molecule has 1 aromatic rings. The Balaban J connectivity index is 2.17. The van der Waals surface area contributed by atoms with E-state index in [4.69, 9.17) is 0 Å². The number of hydrogen-bond donors (Lipinski definition) is 1. The molecule has 1 aliphatic carbocycles. The lowest BCUT2D eigenvalue weighted by Gasteiger charge is -2.39. The zero-order chi connectivity index (χ0) is 14.6. The van der Waals surface area contributed by atoms with Crippen molar-refractivity contribution in [3.63, 3.8) is 0 Å². The van der Waals surface area contributed by atoms with E-state index < -0.39 is 0 Å². The van der Waals surface area contributed by atoms with Crippen molar-refractivity contribution < 1.29 is 9.90 Å². The van der Waals surface area contributed by atoms with Crippen LogP contribution in [-0.4, -0.2) is 34.4 Å². The van der Waals surface area contributed by atoms with Crippen LogP contribution < -0.4 is 0 Å². The molecule has 3 heteroatoms. The molecule has 0 atom stereocenters. The van der Waals surface area contributed by atoms with E-state index >= 15 is 0 Å². The highest BCUT2D eigenvalue weighted by Gasteiger charge is 2.44. The van der Waals surface area contributed by atoms with E-state index in [9.17, 15) is 9.90 Å². The summed E-state index contributed by atoms with van der Waals surface area (Å²) in [7, 11) is 0. The van der Waals surface area contributed by atoms with Gasteiger partial charge in [-0.25, -0.2) is 0 Å². The second kappa shape index (κ2) is 6.40. The van der Waals surface area contributed by atoms with Crippen molar-refractivity contribution in [2.24, 2.45) is 0 Å². The van der Waals surface area contributed by atoms with Gasteiger partial charge in [0.15, 0.2) is 5.78 Å². The van der Waals surface area contributed by atoms with Gasteiger partial charge in [-0.15, -0.1) is 0 Å². The van der Waals surface area contributed by atoms with Gasteiger partial charge in [0.1, 0.15) is 5.75 Å². The Hall–Kier alpha value is -1.35. The van der Waals surface area contributed by atoms with Crippen molar-refractivity contribution in [1.29, 1.82) is 0 Å². The minimum atomic E-state index is -0.249. The van der Waals surface area contributed by atoms with Crippen LogP contribution in [0.15, 0.2) is 24.3 Å². The fraction of sp³-hybridized carbons (Fsp3) is 0.588. The molecule has 0 aromatic heterocycles. The summed E-state index contributed by atoms with van der Waals surface area (Å²) in [6, 6.07) is 7.00. The number of nitrogens with zero attached hydrogens (tertiary/aromatic N) is 1. The van der Waals surface area contributed by atoms with Crippen LogP contribution in [0.2, 0.25) is 0 Å². The van der Waals surface area contributed by atoms with Gasteiger partial charge in [-0.2, -0.15) is 0 Å². The van der Waals surface area contributed by atoms with Gasteiger partial charge in [-0.05, 0) is 43.6 Å². The van der Waals surface area contributed by atoms with Crippen molar-refractivity contribution in [2.75, 3.05) is 13.1 Å². The van der Waals surface area contributed by atoms with E-state index in [0.29, 0.717) is 12.2 Å². The third kappa shape index (κ3) is 2.88. The zero-order valence-corrected chi connectivity index (χ0v) is 12.6. The van der Waals surface area contributed by atoms with Crippen LogP contribution in [0.25, 0.3) is 0 Å². The number of benzene rings is 1. The number of hydrogen-bond acceptors (Lipinski definition) is 3. The van der Waals surface area contributed by atoms with E-state index in [1.165, 1.54) is 0 Å². The third-order valence-electron chi connectivity index (χ3n) is 4.62. The predicted molar refractivity (Wildman–Crippen MR) is 80.9 cm³/mol. The molecule has 1 aromatic carbocycles. The van der Waals surface area contributed by atoms with E-state index in [2.05, 4.69) is 18.7 Å². The minimum absolute atomic E-state index is 0.249. The first-order valence-electron chi connectivity index (χ1n) is 7.68. The number of likely N-dealkylation sites (N-methyl/N-ethyl adjacent to an activating group) is 1. The summed E-state index contributed by atoms with van der Waals surface area (Å²) in [5.41, 5.74) is 0.743. The van der Waals surface area contributed by atoms with Gasteiger partial charge in [0, 0.05) is 6.42 Å². The fourth-order valence-electron chi connectivity index (χ4n) is 3.52. The van der Waals surface area contributed by atoms with Gasteiger partial charge in [-0.1, -0.05) is 38.8 Å². The Labute approximate surface area is 121 Å². The second-order valence-electron chi connectivity index (χ2n) is 5.68. The summed E-state index contributed by atoms with van der Waals surface area (Å²) in [4.78, 5) is 15.2. The highest BCUT2D eigenvalue weighted by atomic mass is 16.3. The highest BCUT2D eigenvalue weighted by molar-refractivity contribution is 5.90. The monoisotopic (exact) mass is 275 g/mol. The Kier molecular flexibility index (Phi) is 4.81. The van der Waals surface area contributed by atoms with Gasteiger partial charge < -0.3 is 5.11 Å². The topological polar surface area (TPSA) is 40.5 Å². The zero-order valence-electron chi connectivity index (χ0n) is 12.6. The smallest absolute Gasteiger partial charge is 0.157 e. The third-order valence-corrected chi connectivity index (χ3v) is 4.62. The molecule has 1 fully saturated rings. The number of phenols is 1. The molecule has 110 valence electrons. The summed E-state index contributed by atoms with van der Waals surface area (Å²) in [6.45, 7) is 6.13. The summed E-state index contributed by atoms with van der Waals surface area (Å²) >= 11 is 0. The average molecular weight is 275 g/mol. The molecule has 0 amide bonds. The molecule has 1 N–H and O–H groups in total. The van der Waals surface area contributed by atoms with Gasteiger partial charge in [0.25, 0.3) is 0 Å². The Morgan fingerprint density at radius 2 is 1.70 bits per heavy atom. The van der Waals surface area contributed by atoms with Crippen molar-refractivity contribution >= 4 is 5.78 Å². The number of ketones is 1. The number of carbonyl (C=O) groups is 1. The molecule has 0 radical (unpaired) electrons. The molecular formula is C17H25NO2. The standard InChI is InChI=1S/C17H25NO2/c1-3-18(4-2)17(11-5-6-12-17)16(20)13-14-7-9-15(19)10-8-14/h7-10,19H,3-6,11-13H2,1-2H3. The Bertz CT molecular complexity index is 443. The quantitative estimate of drug-likeness (QED) is 0.867. The molecule has 0 heterocycles. The van der Waals surface area contributed by atoms with Crippen LogP contribution in [0, 0.1) is 0 Å². The normalized spacial score (nSPS) is 17.6. The van der Waals surface area contributed by atoms with Crippen molar-refractivity contribution in [1.82, 2.24) is 4.90 Å². The van der Waals surface area contributed by atoms with E-state index in [0.717, 1.165) is 44.3 Å². The fourth-order valence-corrected chi connectivity index (χ4v) is 3.52. The highest BCUT2D eigenvalue weighted by Crippen LogP contribution is 2.37. The molecule has 1 aliphatic rings. The average Bonchev–Trinajstić information content (AvgIpc) is 2.93. The first kappa shape index (κ1) is 15.0. The van der Waals surface area contributed by atoms with Crippen molar-refractivity contribution in [3.05, 3.63) is 29.8 Å². The minimum Gasteiger partial charge on any atom is -0.508 e. The van der Waals surface area contributed by atoms with Crippen molar-refractivity contribution in [2.45, 2.75) is 51.5 Å². The number of carbonyl (C=O) groups excluding carboxylic acids is 1. The Morgan fingerprint density at radius 3 is 2.20 bits per heavy atom. The maximum atomic E-state index is 12.9. The van der Waals surface area contributed by atoms with E-state index in [1.807, 2.05) is 12.1 Å². The summed E-state index contributed by atoms with van der Waals surface area (Å²) in [6.07, 6.45) is 4.75. The van der Waals surface area contributed by atoms with Gasteiger partial charge >= 0.3 is 0 Å². The lowest BCUT2D eigenvalue weighted by molar-refractivity contribution is -0.130. The predicted octanol–water partition coefficient (Wildman–Crippen LogP) is 3.16. The molecule has 0 aliphatic heterocycles. The molecule has 1 saturated carbocycles. The molecule has 2 rings (SSSR count). The summed E-state index contributed by atoms with van der Waals surface area (Å²) in [5, 5.41) is 9.32. The molecule has 0 bridgehead atoms. The maximum Gasteiger partial charge on any atom is 0.157 e. The molecule has 3 nitrogen and oxygen atoms in total. The van der Waals surface area contributed by atoms with Crippen molar-refractivity contribution in [3.8, 4) is 5.75 Å². The number of Topliss-reactive ketones (excluding diaryl/α,β-unsaturated/α-hetero) is 1. The number of aromatic hydroxyl groups is 1. The molecular weight excluding hydrogens is 250 g/mol. The van der Waals surface area contributed by atoms with Gasteiger partial charge in [0.05, 0.1) is 5.54 Å². The SMILES string of the molecule is CCN(CC)C1(C(=O)Cc2ccc(O)cc2)CCCC1. The first-order valence-corrected chi connectivity index (χ1v) is 7.68. The largest absolute Gasteiger partial charge is 0.508 e. The molecule has 0 spiro atoms.